The lowest BCUT2D eigenvalue weighted by atomic mass is 10.1. The van der Waals surface area contributed by atoms with Gasteiger partial charge in [-0.3, -0.25) is 4.79 Å². The van der Waals surface area contributed by atoms with E-state index < -0.39 is 50.3 Å². The second kappa shape index (κ2) is 8.74. The number of aromatic nitrogens is 4. The molecule has 2 aromatic heterocycles. The van der Waals surface area contributed by atoms with Gasteiger partial charge in [0, 0.05) is 24.0 Å². The van der Waals surface area contributed by atoms with E-state index in [-0.39, 0.29) is 27.4 Å². The van der Waals surface area contributed by atoms with Gasteiger partial charge in [-0.05, 0) is 55.2 Å². The van der Waals surface area contributed by atoms with Gasteiger partial charge in [-0.1, -0.05) is 24.7 Å². The predicted molar refractivity (Wildman–Crippen MR) is 127 cm³/mol. The molecule has 0 saturated carbocycles. The molecule has 3 heterocycles. The van der Waals surface area contributed by atoms with Gasteiger partial charge in [0.05, 0.1) is 19.6 Å². The molecule has 2 N–H and O–H groups in total. The summed E-state index contributed by atoms with van der Waals surface area (Å²) in [6, 6.07) is 10.9. The van der Waals surface area contributed by atoms with Gasteiger partial charge in [-0.15, -0.1) is 0 Å². The first kappa shape index (κ1) is 12.2. The Morgan fingerprint density at radius 2 is 2.03 bits per heavy atom. The summed E-state index contributed by atoms with van der Waals surface area (Å²) < 4.78 is 89.9. The van der Waals surface area contributed by atoms with Crippen LogP contribution in [0.4, 0.5) is 5.82 Å². The third-order valence-corrected chi connectivity index (χ3v) is 4.83. The van der Waals surface area contributed by atoms with E-state index >= 15 is 0 Å². The normalized spacial score (nSPS) is 27.1. The van der Waals surface area contributed by atoms with Gasteiger partial charge in [-0.2, -0.15) is 5.10 Å². The lowest BCUT2D eigenvalue weighted by molar-refractivity contribution is -0.127. The minimum atomic E-state index is -3.56. The van der Waals surface area contributed by atoms with Gasteiger partial charge in [0.2, 0.25) is 5.91 Å². The molecule has 2 aromatic carbocycles. The molecule has 0 aliphatic carbocycles. The minimum Gasteiger partial charge on any atom is -0.457 e. The summed E-state index contributed by atoms with van der Waals surface area (Å²) in [5.41, 5.74) is 6.33. The quantitative estimate of drug-likeness (QED) is 0.457. The fourth-order valence-electron chi connectivity index (χ4n) is 3.33. The number of nitrogens with zero attached hydrogens (tertiary/aromatic N) is 5. The van der Waals surface area contributed by atoms with E-state index in [1.165, 1.54) is 0 Å². The van der Waals surface area contributed by atoms with E-state index in [0.717, 1.165) is 6.33 Å². The number of piperidine rings is 1. The molecule has 8 nitrogen and oxygen atoms in total. The molecule has 166 valence electrons. The zero-order valence-corrected chi connectivity index (χ0v) is 17.1. The lowest BCUT2D eigenvalue weighted by Crippen LogP contribution is -2.40. The lowest BCUT2D eigenvalue weighted by Gasteiger charge is -2.32. The van der Waals surface area contributed by atoms with Gasteiger partial charge >= 0.3 is 0 Å². The molecule has 0 radical (unpaired) electrons. The van der Waals surface area contributed by atoms with Gasteiger partial charge in [-0.25, -0.2) is 14.6 Å². The third-order valence-electron chi connectivity index (χ3n) is 4.83. The SMILES string of the molecule is [2H]C([2H])=C([2H])C(=O)N1C([2H])([2H])CC([2H])([2H])[C@@]([2H])(n2nc(-c3ccc(Oc4ccccc4)cc3)c3c(N)ncnc32)C1([2H])[2H]. The van der Waals surface area contributed by atoms with Crippen LogP contribution in [0.3, 0.4) is 0 Å². The van der Waals surface area contributed by atoms with Crippen molar-refractivity contribution in [1.82, 2.24) is 24.6 Å². The highest BCUT2D eigenvalue weighted by molar-refractivity contribution is 5.98. The number of benzene rings is 2. The molecule has 5 rings (SSSR count). The summed E-state index contributed by atoms with van der Waals surface area (Å²) in [4.78, 5) is 21.0. The van der Waals surface area contributed by atoms with Crippen molar-refractivity contribution >= 4 is 22.8 Å². The molecule has 0 spiro atoms. The first-order chi connectivity index (χ1) is 20.0. The molecule has 4 aromatic rings. The molecule has 1 aliphatic rings. The number of carbonyl (C=O) groups is 1. The van der Waals surface area contributed by atoms with Crippen molar-refractivity contribution in [1.29, 1.82) is 0 Å². The Labute approximate surface area is 205 Å². The van der Waals surface area contributed by atoms with Crippen LogP contribution in [-0.2, 0) is 4.79 Å². The van der Waals surface area contributed by atoms with Crippen molar-refractivity contribution in [2.24, 2.45) is 0 Å². The average Bonchev–Trinajstić information content (AvgIpc) is 3.32. The van der Waals surface area contributed by atoms with E-state index in [2.05, 4.69) is 15.1 Å². The summed E-state index contributed by atoms with van der Waals surface area (Å²) in [5.74, 6) is -0.766. The Bertz CT molecular complexity index is 1740. The fourth-order valence-corrected chi connectivity index (χ4v) is 3.33. The van der Waals surface area contributed by atoms with Gasteiger partial charge in [0.1, 0.15) is 29.3 Å². The number of amides is 1. The Morgan fingerprint density at radius 3 is 2.82 bits per heavy atom. The highest BCUT2D eigenvalue weighted by Crippen LogP contribution is 2.34. The fraction of sp³-hybridized carbons (Fsp3) is 0.200. The van der Waals surface area contributed by atoms with E-state index in [1.807, 2.05) is 18.2 Å². The first-order valence-corrected chi connectivity index (χ1v) is 9.85. The number of anilines is 1. The highest BCUT2D eigenvalue weighted by Gasteiger charge is 2.28. The van der Waals surface area contributed by atoms with E-state index in [4.69, 9.17) is 22.8 Å². The minimum absolute atomic E-state index is 0.0459. The number of ether oxygens (including phenoxy) is 1. The monoisotopic (exact) mass is 450 g/mol. The molecule has 1 aliphatic heterocycles. The summed E-state index contributed by atoms with van der Waals surface area (Å²) in [6.07, 6.45) is -3.25. The maximum atomic E-state index is 13.1. The molecule has 0 unspecified atom stereocenters. The Hall–Kier alpha value is -4.20. The molecule has 1 amide bonds. The van der Waals surface area contributed by atoms with Gasteiger partial charge < -0.3 is 15.4 Å². The molecular weight excluding hydrogens is 416 g/mol. The molecule has 0 bridgehead atoms. The predicted octanol–water partition coefficient (Wildman–Crippen LogP) is 4.22. The number of nitrogen functional groups attached to an aromatic ring is 1. The number of para-hydroxylation sites is 1. The maximum Gasteiger partial charge on any atom is 0.246 e. The molecule has 8 heteroatoms. The molecule has 1 atom stereocenters. The van der Waals surface area contributed by atoms with E-state index in [9.17, 15) is 6.17 Å². The summed E-state index contributed by atoms with van der Waals surface area (Å²) >= 11 is 0. The van der Waals surface area contributed by atoms with Crippen LogP contribution in [0.5, 0.6) is 11.5 Å². The van der Waals surface area contributed by atoms with Crippen molar-refractivity contribution < 1.29 is 23.2 Å². The van der Waals surface area contributed by atoms with Gasteiger partial charge in [0.25, 0.3) is 0 Å². The summed E-state index contributed by atoms with van der Waals surface area (Å²) in [6.45, 7) is -7.93. The van der Waals surface area contributed by atoms with Crippen LogP contribution >= 0.6 is 0 Å². The summed E-state index contributed by atoms with van der Waals surface area (Å²) in [7, 11) is 0. The van der Waals surface area contributed by atoms with Gasteiger partial charge in [0.15, 0.2) is 5.65 Å². The van der Waals surface area contributed by atoms with E-state index in [0.29, 0.717) is 21.7 Å². The van der Waals surface area contributed by atoms with Crippen LogP contribution in [0, 0.1) is 0 Å². The van der Waals surface area contributed by atoms with Crippen molar-refractivity contribution in [3.05, 3.63) is 73.5 Å². The van der Waals surface area contributed by atoms with Crippen molar-refractivity contribution in [2.45, 2.75) is 18.8 Å². The Morgan fingerprint density at radius 1 is 1.24 bits per heavy atom. The molecule has 1 saturated heterocycles. The number of hydrogen-bond acceptors (Lipinski definition) is 6. The zero-order valence-electron chi connectivity index (χ0n) is 27.1. The number of nitrogens with two attached hydrogens (primary N) is 1. The Balaban J connectivity index is 1.70. The van der Waals surface area contributed by atoms with Crippen LogP contribution in [0.2, 0.25) is 0 Å². The summed E-state index contributed by atoms with van der Waals surface area (Å²) in [5, 5.41) is 4.42. The number of fused-ring (bicyclic) bond motifs is 1. The highest BCUT2D eigenvalue weighted by atomic mass is 16.5. The molecule has 1 fully saturated rings. The zero-order chi connectivity index (χ0) is 31.5. The number of carbonyl (C=O) groups excluding carboxylic acids is 1. The number of likely N-dealkylation sites (tertiary alicyclic amines) is 1. The third kappa shape index (κ3) is 4.03. The van der Waals surface area contributed by atoms with Crippen LogP contribution in [-0.4, -0.2) is 43.5 Å². The van der Waals surface area contributed by atoms with Crippen molar-refractivity contribution in [3.63, 3.8) is 0 Å². The topological polar surface area (TPSA) is 99.2 Å². The van der Waals surface area contributed by atoms with Crippen LogP contribution in [0.1, 0.15) is 32.5 Å². The molecular formula is C25H24N6O2. The largest absolute Gasteiger partial charge is 0.457 e. The standard InChI is InChI=1S/C25H24N6O2/c1-2-21(32)30-14-6-7-18(15-30)31-25-22(24(26)27-16-28-25)23(29-31)17-10-12-20(13-11-17)33-19-8-4-3-5-9-19/h2-5,8-13,16,18H,1,6-7,14-15H2,(H2,26,27,28)/t18-/m1/s1/i1D2,2D,7D2,14D2,15D2,18D. The first-order valence-electron chi connectivity index (χ1n) is 14.8. The smallest absolute Gasteiger partial charge is 0.246 e. The van der Waals surface area contributed by atoms with Crippen LogP contribution < -0.4 is 10.5 Å². The van der Waals surface area contributed by atoms with Crippen molar-refractivity contribution in [3.8, 4) is 22.8 Å². The average molecular weight is 451 g/mol. The maximum absolute atomic E-state index is 13.1. The molecule has 33 heavy (non-hydrogen) atoms. The number of hydrogen-bond donors (Lipinski definition) is 1. The number of rotatable bonds is 5. The van der Waals surface area contributed by atoms with Crippen molar-refractivity contribution in [2.75, 3.05) is 18.7 Å². The van der Waals surface area contributed by atoms with Crippen LogP contribution in [0.25, 0.3) is 22.3 Å². The van der Waals surface area contributed by atoms with E-state index in [1.54, 1.807) is 36.4 Å². The van der Waals surface area contributed by atoms with Crippen LogP contribution in [0.15, 0.2) is 73.5 Å². The Kier molecular flexibility index (Phi) is 3.22. The second-order valence-electron chi connectivity index (χ2n) is 6.90. The second-order valence-corrected chi connectivity index (χ2v) is 6.90.